The van der Waals surface area contributed by atoms with Crippen LogP contribution in [0.1, 0.15) is 30.0 Å². The number of hydrogen-bond donors (Lipinski definition) is 2. The molecule has 1 aromatic rings. The van der Waals surface area contributed by atoms with E-state index in [2.05, 4.69) is 23.2 Å². The Morgan fingerprint density at radius 3 is 2.73 bits per heavy atom. The molecule has 3 nitrogen and oxygen atoms in total. The van der Waals surface area contributed by atoms with E-state index in [0.29, 0.717) is 0 Å². The van der Waals surface area contributed by atoms with Gasteiger partial charge < -0.3 is 11.5 Å². The molecule has 1 aromatic carbocycles. The number of guanidine groups is 1. The minimum atomic E-state index is 0. The third-order valence-electron chi connectivity index (χ3n) is 2.64. The van der Waals surface area contributed by atoms with Gasteiger partial charge in [-0.15, -0.1) is 12.4 Å². The highest BCUT2D eigenvalue weighted by Crippen LogP contribution is 2.31. The summed E-state index contributed by atoms with van der Waals surface area (Å²) in [7, 11) is 0. The SMILES string of the molecule is Cl.NC(N)=NC1CCCc2ccccc21. The van der Waals surface area contributed by atoms with Crippen molar-refractivity contribution < 1.29 is 0 Å². The summed E-state index contributed by atoms with van der Waals surface area (Å²) in [4.78, 5) is 4.25. The van der Waals surface area contributed by atoms with Crippen molar-refractivity contribution >= 4 is 18.4 Å². The first-order chi connectivity index (χ1) is 6.77. The van der Waals surface area contributed by atoms with Gasteiger partial charge in [-0.1, -0.05) is 24.3 Å². The van der Waals surface area contributed by atoms with Crippen LogP contribution in [-0.2, 0) is 6.42 Å². The third-order valence-corrected chi connectivity index (χ3v) is 2.64. The number of halogens is 1. The molecule has 0 spiro atoms. The molecule has 82 valence electrons. The van der Waals surface area contributed by atoms with Gasteiger partial charge >= 0.3 is 0 Å². The predicted molar refractivity (Wildman–Crippen MR) is 65.2 cm³/mol. The van der Waals surface area contributed by atoms with Gasteiger partial charge in [0.2, 0.25) is 0 Å². The molecule has 0 aliphatic heterocycles. The third kappa shape index (κ3) is 2.63. The van der Waals surface area contributed by atoms with Crippen molar-refractivity contribution in [3.05, 3.63) is 35.4 Å². The Hall–Kier alpha value is -1.22. The molecular weight excluding hydrogens is 210 g/mol. The van der Waals surface area contributed by atoms with Crippen molar-refractivity contribution in [2.75, 3.05) is 0 Å². The van der Waals surface area contributed by atoms with E-state index in [9.17, 15) is 0 Å². The second kappa shape index (κ2) is 5.03. The molecule has 2 rings (SSSR count). The zero-order valence-electron chi connectivity index (χ0n) is 8.52. The second-order valence-corrected chi connectivity index (χ2v) is 3.66. The minimum absolute atomic E-state index is 0. The lowest BCUT2D eigenvalue weighted by Crippen LogP contribution is -2.24. The van der Waals surface area contributed by atoms with Gasteiger partial charge in [0.1, 0.15) is 0 Å². The summed E-state index contributed by atoms with van der Waals surface area (Å²) >= 11 is 0. The molecule has 1 unspecified atom stereocenters. The number of nitrogens with zero attached hydrogens (tertiary/aromatic N) is 1. The number of aliphatic imine (C=N–C) groups is 1. The summed E-state index contributed by atoms with van der Waals surface area (Å²) in [6.45, 7) is 0. The van der Waals surface area contributed by atoms with E-state index >= 15 is 0 Å². The van der Waals surface area contributed by atoms with E-state index in [1.165, 1.54) is 17.5 Å². The molecule has 4 heteroatoms. The zero-order valence-corrected chi connectivity index (χ0v) is 9.33. The van der Waals surface area contributed by atoms with Gasteiger partial charge in [0.15, 0.2) is 5.96 Å². The van der Waals surface area contributed by atoms with Crippen LogP contribution in [0, 0.1) is 0 Å². The zero-order chi connectivity index (χ0) is 9.97. The summed E-state index contributed by atoms with van der Waals surface area (Å²) in [5.74, 6) is 0.187. The van der Waals surface area contributed by atoms with E-state index in [4.69, 9.17) is 11.5 Å². The number of fused-ring (bicyclic) bond motifs is 1. The van der Waals surface area contributed by atoms with Crippen LogP contribution >= 0.6 is 12.4 Å². The fraction of sp³-hybridized carbons (Fsp3) is 0.364. The van der Waals surface area contributed by atoms with Crippen molar-refractivity contribution in [2.45, 2.75) is 25.3 Å². The quantitative estimate of drug-likeness (QED) is 0.565. The lowest BCUT2D eigenvalue weighted by molar-refractivity contribution is 0.572. The van der Waals surface area contributed by atoms with Crippen LogP contribution in [0.4, 0.5) is 0 Å². The van der Waals surface area contributed by atoms with Gasteiger partial charge in [0.05, 0.1) is 6.04 Å². The Labute approximate surface area is 96.0 Å². The summed E-state index contributed by atoms with van der Waals surface area (Å²) in [5, 5.41) is 0. The number of aryl methyl sites for hydroxylation is 1. The fourth-order valence-electron chi connectivity index (χ4n) is 2.04. The van der Waals surface area contributed by atoms with Crippen LogP contribution < -0.4 is 11.5 Å². The first-order valence-electron chi connectivity index (χ1n) is 4.94. The average molecular weight is 226 g/mol. The van der Waals surface area contributed by atoms with Crippen LogP contribution in [0.2, 0.25) is 0 Å². The molecule has 1 atom stereocenters. The van der Waals surface area contributed by atoms with E-state index < -0.39 is 0 Å². The highest BCUT2D eigenvalue weighted by atomic mass is 35.5. The van der Waals surface area contributed by atoms with E-state index in [1.807, 2.05) is 6.07 Å². The number of benzene rings is 1. The van der Waals surface area contributed by atoms with Gasteiger partial charge in [-0.05, 0) is 30.4 Å². The Bertz CT molecular complexity index is 359. The maximum absolute atomic E-state index is 5.41. The Kier molecular flexibility index (Phi) is 3.97. The van der Waals surface area contributed by atoms with Crippen molar-refractivity contribution in [3.63, 3.8) is 0 Å². The highest BCUT2D eigenvalue weighted by molar-refractivity contribution is 5.85. The molecular formula is C11H16ClN3. The summed E-state index contributed by atoms with van der Waals surface area (Å²) in [6.07, 6.45) is 3.36. The molecule has 4 N–H and O–H groups in total. The monoisotopic (exact) mass is 225 g/mol. The normalized spacial score (nSPS) is 18.5. The van der Waals surface area contributed by atoms with Gasteiger partial charge in [-0.3, -0.25) is 0 Å². The second-order valence-electron chi connectivity index (χ2n) is 3.66. The van der Waals surface area contributed by atoms with Crippen molar-refractivity contribution in [3.8, 4) is 0 Å². The largest absolute Gasteiger partial charge is 0.370 e. The average Bonchev–Trinajstić information content (AvgIpc) is 2.18. The molecule has 1 aliphatic carbocycles. The van der Waals surface area contributed by atoms with E-state index in [0.717, 1.165) is 12.8 Å². The Balaban J connectivity index is 0.00000112. The number of rotatable bonds is 1. The van der Waals surface area contributed by atoms with Gasteiger partial charge in [-0.25, -0.2) is 4.99 Å². The first-order valence-corrected chi connectivity index (χ1v) is 4.94. The topological polar surface area (TPSA) is 64.4 Å². The van der Waals surface area contributed by atoms with Crippen LogP contribution in [-0.4, -0.2) is 5.96 Å². The summed E-state index contributed by atoms with van der Waals surface area (Å²) in [6, 6.07) is 8.55. The molecule has 0 saturated carbocycles. The van der Waals surface area contributed by atoms with Crippen molar-refractivity contribution in [1.82, 2.24) is 0 Å². The van der Waals surface area contributed by atoms with E-state index in [1.54, 1.807) is 0 Å². The van der Waals surface area contributed by atoms with Crippen LogP contribution in [0.25, 0.3) is 0 Å². The Morgan fingerprint density at radius 1 is 1.27 bits per heavy atom. The summed E-state index contributed by atoms with van der Waals surface area (Å²) < 4.78 is 0. The predicted octanol–water partition coefficient (Wildman–Crippen LogP) is 1.76. The number of hydrogen-bond acceptors (Lipinski definition) is 1. The highest BCUT2D eigenvalue weighted by Gasteiger charge is 2.18. The molecule has 0 aromatic heterocycles. The Morgan fingerprint density at radius 2 is 2.00 bits per heavy atom. The molecule has 0 bridgehead atoms. The minimum Gasteiger partial charge on any atom is -0.370 e. The molecule has 0 radical (unpaired) electrons. The lowest BCUT2D eigenvalue weighted by Gasteiger charge is -2.22. The molecule has 1 aliphatic rings. The van der Waals surface area contributed by atoms with E-state index in [-0.39, 0.29) is 24.4 Å². The number of nitrogens with two attached hydrogens (primary N) is 2. The maximum atomic E-state index is 5.41. The van der Waals surface area contributed by atoms with Crippen LogP contribution in [0.5, 0.6) is 0 Å². The van der Waals surface area contributed by atoms with Gasteiger partial charge in [-0.2, -0.15) is 0 Å². The first kappa shape index (κ1) is 11.9. The smallest absolute Gasteiger partial charge is 0.186 e. The molecule has 0 heterocycles. The van der Waals surface area contributed by atoms with Crippen molar-refractivity contribution in [1.29, 1.82) is 0 Å². The lowest BCUT2D eigenvalue weighted by atomic mass is 9.88. The van der Waals surface area contributed by atoms with Gasteiger partial charge in [0.25, 0.3) is 0 Å². The molecule has 0 amide bonds. The van der Waals surface area contributed by atoms with Crippen LogP contribution in [0.15, 0.2) is 29.3 Å². The van der Waals surface area contributed by atoms with Crippen LogP contribution in [0.3, 0.4) is 0 Å². The standard InChI is InChI=1S/C11H15N3.ClH/c12-11(13)14-10-7-3-5-8-4-1-2-6-9(8)10;/h1-2,4,6,10H,3,5,7H2,(H4,12,13,14);1H. The molecule has 0 saturated heterocycles. The molecule has 0 fully saturated rings. The summed E-state index contributed by atoms with van der Waals surface area (Å²) in [5.41, 5.74) is 13.5. The van der Waals surface area contributed by atoms with Crippen molar-refractivity contribution in [2.24, 2.45) is 16.5 Å². The maximum Gasteiger partial charge on any atom is 0.186 e. The molecule has 15 heavy (non-hydrogen) atoms. The fourth-order valence-corrected chi connectivity index (χ4v) is 2.04. The van der Waals surface area contributed by atoms with Gasteiger partial charge in [0, 0.05) is 0 Å².